The smallest absolute Gasteiger partial charge is 0.144 e. The second-order valence-electron chi connectivity index (χ2n) is 3.73. The SMILES string of the molecule is CNc1cnc(COc2ccc(OC)cc2Br)cn1. The number of hydrogen-bond acceptors (Lipinski definition) is 5. The van der Waals surface area contributed by atoms with Gasteiger partial charge in [-0.25, -0.2) is 4.98 Å². The molecule has 2 aromatic rings. The number of methoxy groups -OCH3 is 1. The summed E-state index contributed by atoms with van der Waals surface area (Å²) in [7, 11) is 3.43. The van der Waals surface area contributed by atoms with Crippen molar-refractivity contribution in [3.05, 3.63) is 40.8 Å². The molecule has 0 saturated heterocycles. The zero-order valence-corrected chi connectivity index (χ0v) is 12.3. The molecule has 1 aromatic carbocycles. The Labute approximate surface area is 120 Å². The first kappa shape index (κ1) is 13.6. The molecule has 0 bridgehead atoms. The van der Waals surface area contributed by atoms with Crippen LogP contribution in [0.25, 0.3) is 0 Å². The van der Waals surface area contributed by atoms with E-state index in [1.807, 2.05) is 18.2 Å². The monoisotopic (exact) mass is 323 g/mol. The van der Waals surface area contributed by atoms with Gasteiger partial charge in [-0.1, -0.05) is 0 Å². The highest BCUT2D eigenvalue weighted by Gasteiger charge is 2.04. The Morgan fingerprint density at radius 2 is 2.11 bits per heavy atom. The van der Waals surface area contributed by atoms with Gasteiger partial charge in [0.2, 0.25) is 0 Å². The van der Waals surface area contributed by atoms with E-state index in [0.29, 0.717) is 6.61 Å². The lowest BCUT2D eigenvalue weighted by molar-refractivity contribution is 0.298. The number of nitrogens with one attached hydrogen (secondary N) is 1. The van der Waals surface area contributed by atoms with Crippen molar-refractivity contribution in [1.82, 2.24) is 9.97 Å². The molecular weight excluding hydrogens is 310 g/mol. The highest BCUT2D eigenvalue weighted by molar-refractivity contribution is 9.10. The molecule has 19 heavy (non-hydrogen) atoms. The molecule has 5 nitrogen and oxygen atoms in total. The van der Waals surface area contributed by atoms with Crippen molar-refractivity contribution in [2.24, 2.45) is 0 Å². The summed E-state index contributed by atoms with van der Waals surface area (Å²) in [4.78, 5) is 8.41. The predicted octanol–water partition coefficient (Wildman–Crippen LogP) is 2.87. The third-order valence-corrected chi connectivity index (χ3v) is 3.10. The minimum atomic E-state index is 0.363. The van der Waals surface area contributed by atoms with Gasteiger partial charge < -0.3 is 14.8 Å². The summed E-state index contributed by atoms with van der Waals surface area (Å²) in [6.07, 6.45) is 3.35. The fourth-order valence-corrected chi connectivity index (χ4v) is 1.91. The van der Waals surface area contributed by atoms with Crippen molar-refractivity contribution < 1.29 is 9.47 Å². The molecule has 0 aliphatic carbocycles. The summed E-state index contributed by atoms with van der Waals surface area (Å²) in [5.41, 5.74) is 0.765. The summed E-state index contributed by atoms with van der Waals surface area (Å²) in [6, 6.07) is 5.54. The van der Waals surface area contributed by atoms with Crippen molar-refractivity contribution in [2.45, 2.75) is 6.61 Å². The number of hydrogen-bond donors (Lipinski definition) is 1. The maximum Gasteiger partial charge on any atom is 0.144 e. The largest absolute Gasteiger partial charge is 0.497 e. The van der Waals surface area contributed by atoms with Crippen LogP contribution in [-0.4, -0.2) is 24.1 Å². The van der Waals surface area contributed by atoms with Crippen molar-refractivity contribution >= 4 is 21.7 Å². The van der Waals surface area contributed by atoms with Gasteiger partial charge in [0.05, 0.1) is 29.7 Å². The average molecular weight is 324 g/mol. The topological polar surface area (TPSA) is 56.3 Å². The van der Waals surface area contributed by atoms with Gasteiger partial charge in [0, 0.05) is 7.05 Å². The van der Waals surface area contributed by atoms with Gasteiger partial charge in [0.15, 0.2) is 0 Å². The van der Waals surface area contributed by atoms with Gasteiger partial charge in [-0.15, -0.1) is 0 Å². The number of rotatable bonds is 5. The molecule has 0 aliphatic rings. The molecule has 1 aromatic heterocycles. The van der Waals surface area contributed by atoms with Crippen LogP contribution in [-0.2, 0) is 6.61 Å². The van der Waals surface area contributed by atoms with Gasteiger partial charge in [-0.3, -0.25) is 4.98 Å². The molecule has 1 N–H and O–H groups in total. The molecule has 0 spiro atoms. The maximum absolute atomic E-state index is 5.67. The fourth-order valence-electron chi connectivity index (χ4n) is 1.44. The molecule has 0 amide bonds. The Bertz CT molecular complexity index is 546. The van der Waals surface area contributed by atoms with E-state index in [9.17, 15) is 0 Å². The number of ether oxygens (including phenoxy) is 2. The number of aromatic nitrogens is 2. The van der Waals surface area contributed by atoms with Crippen LogP contribution in [0.1, 0.15) is 5.69 Å². The van der Waals surface area contributed by atoms with E-state index in [4.69, 9.17) is 9.47 Å². The zero-order chi connectivity index (χ0) is 13.7. The highest BCUT2D eigenvalue weighted by Crippen LogP contribution is 2.29. The Hall–Kier alpha value is -1.82. The molecule has 6 heteroatoms. The van der Waals surface area contributed by atoms with Crippen LogP contribution in [0.5, 0.6) is 11.5 Å². The van der Waals surface area contributed by atoms with E-state index in [-0.39, 0.29) is 0 Å². The Kier molecular flexibility index (Phi) is 4.57. The molecule has 0 unspecified atom stereocenters. The molecule has 100 valence electrons. The third kappa shape index (κ3) is 3.57. The van der Waals surface area contributed by atoms with Crippen LogP contribution in [0.3, 0.4) is 0 Å². The van der Waals surface area contributed by atoms with E-state index in [1.165, 1.54) is 0 Å². The normalized spacial score (nSPS) is 10.1. The van der Waals surface area contributed by atoms with Gasteiger partial charge in [-0.2, -0.15) is 0 Å². The lowest BCUT2D eigenvalue weighted by atomic mass is 10.3. The minimum absolute atomic E-state index is 0.363. The van der Waals surface area contributed by atoms with Crippen LogP contribution in [0.2, 0.25) is 0 Å². The van der Waals surface area contributed by atoms with Gasteiger partial charge in [0.1, 0.15) is 23.9 Å². The number of anilines is 1. The second kappa shape index (κ2) is 6.38. The minimum Gasteiger partial charge on any atom is -0.497 e. The summed E-state index contributed by atoms with van der Waals surface area (Å²) >= 11 is 3.43. The third-order valence-electron chi connectivity index (χ3n) is 2.48. The van der Waals surface area contributed by atoms with E-state index in [1.54, 1.807) is 26.6 Å². The van der Waals surface area contributed by atoms with Crippen LogP contribution in [0.15, 0.2) is 35.1 Å². The average Bonchev–Trinajstić information content (AvgIpc) is 2.46. The first-order valence-electron chi connectivity index (χ1n) is 5.68. The predicted molar refractivity (Wildman–Crippen MR) is 76.6 cm³/mol. The fraction of sp³-hybridized carbons (Fsp3) is 0.231. The lowest BCUT2D eigenvalue weighted by Crippen LogP contribution is -2.01. The van der Waals surface area contributed by atoms with Gasteiger partial charge >= 0.3 is 0 Å². The van der Waals surface area contributed by atoms with Crippen LogP contribution in [0, 0.1) is 0 Å². The summed E-state index contributed by atoms with van der Waals surface area (Å²) < 4.78 is 11.6. The van der Waals surface area contributed by atoms with E-state index >= 15 is 0 Å². The number of halogens is 1. The molecule has 0 fully saturated rings. The lowest BCUT2D eigenvalue weighted by Gasteiger charge is -2.09. The van der Waals surface area contributed by atoms with Crippen molar-refractivity contribution in [3.8, 4) is 11.5 Å². The number of nitrogens with zero attached hydrogens (tertiary/aromatic N) is 2. The first-order valence-corrected chi connectivity index (χ1v) is 6.47. The highest BCUT2D eigenvalue weighted by atomic mass is 79.9. The van der Waals surface area contributed by atoms with Crippen molar-refractivity contribution in [1.29, 1.82) is 0 Å². The molecule has 1 heterocycles. The Morgan fingerprint density at radius 1 is 1.26 bits per heavy atom. The Morgan fingerprint density at radius 3 is 2.68 bits per heavy atom. The summed E-state index contributed by atoms with van der Waals surface area (Å²) in [5, 5.41) is 2.91. The standard InChI is InChI=1S/C13H14BrN3O2/c1-15-13-7-16-9(6-17-13)8-19-12-4-3-10(18-2)5-11(12)14/h3-7H,8H2,1-2H3,(H,15,17). The molecular formula is C13H14BrN3O2. The molecule has 0 radical (unpaired) electrons. The molecule has 0 saturated carbocycles. The zero-order valence-electron chi connectivity index (χ0n) is 10.7. The van der Waals surface area contributed by atoms with Crippen LogP contribution in [0.4, 0.5) is 5.82 Å². The number of benzene rings is 1. The molecule has 0 aliphatic heterocycles. The summed E-state index contributed by atoms with van der Waals surface area (Å²) in [6.45, 7) is 0.363. The second-order valence-corrected chi connectivity index (χ2v) is 4.58. The molecule has 2 rings (SSSR count). The van der Waals surface area contributed by atoms with Gasteiger partial charge in [0.25, 0.3) is 0 Å². The van der Waals surface area contributed by atoms with E-state index < -0.39 is 0 Å². The Balaban J connectivity index is 2.01. The first-order chi connectivity index (χ1) is 9.22. The van der Waals surface area contributed by atoms with E-state index in [0.717, 1.165) is 27.5 Å². The quantitative estimate of drug-likeness (QED) is 0.916. The van der Waals surface area contributed by atoms with Crippen LogP contribution < -0.4 is 14.8 Å². The molecule has 0 atom stereocenters. The van der Waals surface area contributed by atoms with Crippen LogP contribution >= 0.6 is 15.9 Å². The summed E-state index contributed by atoms with van der Waals surface area (Å²) in [5.74, 6) is 2.24. The van der Waals surface area contributed by atoms with E-state index in [2.05, 4.69) is 31.2 Å². The van der Waals surface area contributed by atoms with Crippen molar-refractivity contribution in [3.63, 3.8) is 0 Å². The maximum atomic E-state index is 5.67. The van der Waals surface area contributed by atoms with Gasteiger partial charge in [-0.05, 0) is 34.1 Å². The van der Waals surface area contributed by atoms with Crippen molar-refractivity contribution in [2.75, 3.05) is 19.5 Å².